The Kier molecular flexibility index (Phi) is 5.12. The van der Waals surface area contributed by atoms with Crippen molar-refractivity contribution >= 4 is 23.0 Å². The average Bonchev–Trinajstić information content (AvgIpc) is 2.36. The van der Waals surface area contributed by atoms with Crippen molar-refractivity contribution < 1.29 is 14.6 Å². The molecule has 0 atom stereocenters. The van der Waals surface area contributed by atoms with Gasteiger partial charge in [0.05, 0.1) is 7.05 Å². The van der Waals surface area contributed by atoms with E-state index in [0.29, 0.717) is 10.8 Å². The highest BCUT2D eigenvalue weighted by Gasteiger charge is 2.17. The van der Waals surface area contributed by atoms with E-state index in [2.05, 4.69) is 4.99 Å². The summed E-state index contributed by atoms with van der Waals surface area (Å²) in [6, 6.07) is 8.34. The highest BCUT2D eigenvalue weighted by molar-refractivity contribution is 8.13. The van der Waals surface area contributed by atoms with Crippen molar-refractivity contribution in [2.75, 3.05) is 13.3 Å². The van der Waals surface area contributed by atoms with E-state index in [1.54, 1.807) is 36.6 Å². The van der Waals surface area contributed by atoms with Crippen molar-refractivity contribution in [1.82, 2.24) is 5.01 Å². The molecular weight excluding hydrogens is 258 g/mol. The SMILES string of the molecule is CSC(=NC(=O)Oc1ccccc1)N(C)[N+](=O)[O-]. The molecule has 0 N–H and O–H groups in total. The van der Waals surface area contributed by atoms with Crippen LogP contribution in [-0.4, -0.2) is 34.6 Å². The van der Waals surface area contributed by atoms with Crippen LogP contribution in [0.2, 0.25) is 0 Å². The molecule has 0 unspecified atom stereocenters. The van der Waals surface area contributed by atoms with Gasteiger partial charge in [0.2, 0.25) is 5.17 Å². The first-order valence-electron chi connectivity index (χ1n) is 4.82. The van der Waals surface area contributed by atoms with Crippen LogP contribution in [0.4, 0.5) is 4.79 Å². The third kappa shape index (κ3) is 4.06. The smallest absolute Gasteiger partial charge is 0.409 e. The molecule has 0 aliphatic rings. The van der Waals surface area contributed by atoms with Gasteiger partial charge in [-0.15, -0.1) is 4.99 Å². The van der Waals surface area contributed by atoms with E-state index in [9.17, 15) is 14.9 Å². The van der Waals surface area contributed by atoms with Gasteiger partial charge in [-0.2, -0.15) is 0 Å². The molecule has 0 fully saturated rings. The molecule has 0 bridgehead atoms. The second-order valence-electron chi connectivity index (χ2n) is 3.04. The van der Waals surface area contributed by atoms with Gasteiger partial charge in [0.25, 0.3) is 0 Å². The van der Waals surface area contributed by atoms with E-state index in [1.807, 2.05) is 0 Å². The standard InChI is InChI=1S/C10H11N3O4S/c1-12(13(15)16)9(18-2)11-10(14)17-8-6-4-3-5-7-8/h3-7H,1-2H3. The number of hydrogen-bond acceptors (Lipinski definition) is 5. The maximum absolute atomic E-state index is 11.4. The first-order valence-corrected chi connectivity index (χ1v) is 6.04. The summed E-state index contributed by atoms with van der Waals surface area (Å²) in [4.78, 5) is 25.5. The Bertz CT molecular complexity index is 463. The molecule has 7 nitrogen and oxygen atoms in total. The van der Waals surface area contributed by atoms with E-state index in [1.165, 1.54) is 7.05 Å². The predicted molar refractivity (Wildman–Crippen MR) is 68.2 cm³/mol. The number of hydrazine groups is 1. The molecule has 0 saturated carbocycles. The molecule has 0 heterocycles. The van der Waals surface area contributed by atoms with Gasteiger partial charge >= 0.3 is 6.09 Å². The number of benzene rings is 1. The number of ether oxygens (including phenoxy) is 1. The van der Waals surface area contributed by atoms with Crippen molar-refractivity contribution in [3.63, 3.8) is 0 Å². The fourth-order valence-corrected chi connectivity index (χ4v) is 1.51. The van der Waals surface area contributed by atoms with Gasteiger partial charge in [-0.3, -0.25) is 0 Å². The van der Waals surface area contributed by atoms with Crippen molar-refractivity contribution in [3.8, 4) is 5.75 Å². The third-order valence-electron chi connectivity index (χ3n) is 1.84. The minimum absolute atomic E-state index is 0.0547. The minimum Gasteiger partial charge on any atom is -0.409 e. The van der Waals surface area contributed by atoms with Crippen LogP contribution in [0.25, 0.3) is 0 Å². The van der Waals surface area contributed by atoms with Gasteiger partial charge in [0, 0.05) is 0 Å². The quantitative estimate of drug-likeness (QED) is 0.353. The summed E-state index contributed by atoms with van der Waals surface area (Å²) in [5.41, 5.74) is 0. The fraction of sp³-hybridized carbons (Fsp3) is 0.200. The van der Waals surface area contributed by atoms with E-state index < -0.39 is 11.1 Å². The summed E-state index contributed by atoms with van der Waals surface area (Å²) in [5.74, 6) is 0.329. The number of amidine groups is 1. The summed E-state index contributed by atoms with van der Waals surface area (Å²) in [6.07, 6.45) is 0.675. The second-order valence-corrected chi connectivity index (χ2v) is 3.81. The van der Waals surface area contributed by atoms with E-state index in [0.717, 1.165) is 11.8 Å². The van der Waals surface area contributed by atoms with Crippen LogP contribution in [0, 0.1) is 10.1 Å². The number of aliphatic imine (C=N–C) groups is 1. The lowest BCUT2D eigenvalue weighted by Gasteiger charge is -2.08. The highest BCUT2D eigenvalue weighted by atomic mass is 32.2. The summed E-state index contributed by atoms with van der Waals surface area (Å²) in [6.45, 7) is 0. The van der Waals surface area contributed by atoms with Gasteiger partial charge in [0.1, 0.15) is 5.75 Å². The molecule has 18 heavy (non-hydrogen) atoms. The normalized spacial score (nSPS) is 10.9. The maximum Gasteiger partial charge on any atom is 0.441 e. The zero-order valence-electron chi connectivity index (χ0n) is 9.77. The van der Waals surface area contributed by atoms with E-state index in [4.69, 9.17) is 4.74 Å². The van der Waals surface area contributed by atoms with Crippen molar-refractivity contribution in [1.29, 1.82) is 0 Å². The molecule has 0 aromatic heterocycles. The molecule has 96 valence electrons. The van der Waals surface area contributed by atoms with Crippen LogP contribution in [0.3, 0.4) is 0 Å². The van der Waals surface area contributed by atoms with E-state index in [-0.39, 0.29) is 5.17 Å². The predicted octanol–water partition coefficient (Wildman–Crippen LogP) is 2.03. The van der Waals surface area contributed by atoms with Gasteiger partial charge < -0.3 is 4.74 Å². The average molecular weight is 269 g/mol. The summed E-state index contributed by atoms with van der Waals surface area (Å²) >= 11 is 0.979. The van der Waals surface area contributed by atoms with Gasteiger partial charge in [-0.25, -0.2) is 14.9 Å². The lowest BCUT2D eigenvalue weighted by Crippen LogP contribution is -2.31. The zero-order valence-corrected chi connectivity index (χ0v) is 10.6. The minimum atomic E-state index is -0.903. The van der Waals surface area contributed by atoms with Gasteiger partial charge in [0.15, 0.2) is 5.03 Å². The lowest BCUT2D eigenvalue weighted by atomic mass is 10.3. The van der Waals surface area contributed by atoms with Crippen LogP contribution in [0.15, 0.2) is 35.3 Å². The fourth-order valence-electron chi connectivity index (χ4n) is 1.01. The molecule has 0 aliphatic carbocycles. The monoisotopic (exact) mass is 269 g/mol. The molecule has 8 heteroatoms. The van der Waals surface area contributed by atoms with Crippen LogP contribution in [0.5, 0.6) is 5.75 Å². The largest absolute Gasteiger partial charge is 0.441 e. The first kappa shape index (κ1) is 14.0. The van der Waals surface area contributed by atoms with Crippen molar-refractivity contribution in [3.05, 3.63) is 40.4 Å². The Morgan fingerprint density at radius 1 is 1.44 bits per heavy atom. The van der Waals surface area contributed by atoms with Gasteiger partial charge in [-0.05, 0) is 18.4 Å². The highest BCUT2D eigenvalue weighted by Crippen LogP contribution is 2.10. The Hall–Kier alpha value is -2.09. The van der Waals surface area contributed by atoms with Crippen LogP contribution < -0.4 is 4.74 Å². The van der Waals surface area contributed by atoms with Gasteiger partial charge in [-0.1, -0.05) is 35.0 Å². The Morgan fingerprint density at radius 3 is 2.56 bits per heavy atom. The molecule has 1 aromatic rings. The number of rotatable bonds is 2. The van der Waals surface area contributed by atoms with E-state index >= 15 is 0 Å². The number of para-hydroxylation sites is 1. The third-order valence-corrected chi connectivity index (χ3v) is 2.56. The molecule has 1 rings (SSSR count). The van der Waals surface area contributed by atoms with Crippen molar-refractivity contribution in [2.24, 2.45) is 4.99 Å². The van der Waals surface area contributed by atoms with Crippen LogP contribution in [-0.2, 0) is 0 Å². The summed E-state index contributed by atoms with van der Waals surface area (Å²) < 4.78 is 4.89. The second kappa shape index (κ2) is 6.60. The number of carbonyl (C=O) groups excluding carboxylic acids is 1. The lowest BCUT2D eigenvalue weighted by molar-refractivity contribution is -0.621. The Morgan fingerprint density at radius 2 is 2.06 bits per heavy atom. The molecular formula is C10H11N3O4S. The zero-order chi connectivity index (χ0) is 13.5. The molecule has 1 aromatic carbocycles. The Labute approximate surface area is 108 Å². The number of hydrogen-bond donors (Lipinski definition) is 0. The first-order chi connectivity index (χ1) is 8.54. The van der Waals surface area contributed by atoms with Crippen molar-refractivity contribution in [2.45, 2.75) is 0 Å². The molecule has 1 amide bonds. The number of nitrogens with zero attached hydrogens (tertiary/aromatic N) is 3. The summed E-state index contributed by atoms with van der Waals surface area (Å²) in [7, 11) is 1.20. The molecule has 0 radical (unpaired) electrons. The van der Waals surface area contributed by atoms with Crippen LogP contribution in [0.1, 0.15) is 0 Å². The molecule has 0 aliphatic heterocycles. The van der Waals surface area contributed by atoms with Crippen LogP contribution >= 0.6 is 11.8 Å². The summed E-state index contributed by atoms with van der Waals surface area (Å²) in [5, 5.41) is 10.4. The topological polar surface area (TPSA) is 85.0 Å². The number of carbonyl (C=O) groups is 1. The number of nitro groups is 1. The Balaban J connectivity index is 2.75. The molecule has 0 saturated heterocycles. The number of thioether (sulfide) groups is 1. The number of amides is 1. The maximum atomic E-state index is 11.4. The molecule has 0 spiro atoms.